The van der Waals surface area contributed by atoms with Crippen molar-refractivity contribution in [3.05, 3.63) is 47.3 Å². The van der Waals surface area contributed by atoms with Gasteiger partial charge in [-0.05, 0) is 12.1 Å². The van der Waals surface area contributed by atoms with E-state index in [1.54, 1.807) is 17.8 Å². The Morgan fingerprint density at radius 2 is 2.04 bits per heavy atom. The lowest BCUT2D eigenvalue weighted by atomic mass is 10.1. The maximum atomic E-state index is 14.3. The molecule has 0 aliphatic carbocycles. The molecule has 0 aliphatic heterocycles. The molecule has 27 heavy (non-hydrogen) atoms. The largest absolute Gasteiger partial charge is 0.340 e. The summed E-state index contributed by atoms with van der Waals surface area (Å²) in [4.78, 5) is 19.2. The van der Waals surface area contributed by atoms with Crippen LogP contribution in [0.4, 0.5) is 4.39 Å². The summed E-state index contributed by atoms with van der Waals surface area (Å²) in [6.07, 6.45) is 4.18. The van der Waals surface area contributed by atoms with Gasteiger partial charge in [-0.2, -0.15) is 9.90 Å². The predicted molar refractivity (Wildman–Crippen MR) is 92.4 cm³/mol. The average molecular weight is 414 g/mol. The van der Waals surface area contributed by atoms with Gasteiger partial charge in [0.25, 0.3) is 15.9 Å². The molecule has 13 heteroatoms. The highest BCUT2D eigenvalue weighted by atomic mass is 35.5. The number of halogens is 2. The van der Waals surface area contributed by atoms with Crippen LogP contribution in [0.5, 0.6) is 0 Å². The smallest absolute Gasteiger partial charge is 0.278 e. The number of nitrogens with one attached hydrogen (secondary N) is 2. The Labute approximate surface area is 158 Å². The lowest BCUT2D eigenvalue weighted by molar-refractivity contribution is 0.0941. The first-order chi connectivity index (χ1) is 12.7. The molecule has 1 amide bonds. The standard InChI is InChI=1S/C14H13ClFN7O3S/c1-22-6-11(17-7-22)8-3-9(13(16)10(15)4-8)14(24)19-21-27(25,26)12-5-18-23(2)20-12/h3-7,21H,1-2H3,(H,19,24). The Hall–Kier alpha value is -2.83. The van der Waals surface area contributed by atoms with Crippen molar-refractivity contribution in [1.29, 1.82) is 0 Å². The van der Waals surface area contributed by atoms with Crippen LogP contribution in [-0.4, -0.2) is 38.9 Å². The first kappa shape index (κ1) is 18.9. The number of hydrogen-bond acceptors (Lipinski definition) is 6. The Morgan fingerprint density at radius 1 is 1.30 bits per heavy atom. The molecule has 1 aromatic carbocycles. The molecule has 2 aromatic heterocycles. The summed E-state index contributed by atoms with van der Waals surface area (Å²) in [5.41, 5.74) is 2.33. The van der Waals surface area contributed by atoms with E-state index in [9.17, 15) is 17.6 Å². The second-order valence-electron chi connectivity index (χ2n) is 5.48. The number of hydrazine groups is 1. The number of sulfonamides is 1. The third kappa shape index (κ3) is 3.97. The van der Waals surface area contributed by atoms with Gasteiger partial charge in [-0.3, -0.25) is 10.2 Å². The molecule has 0 radical (unpaired) electrons. The van der Waals surface area contributed by atoms with Crippen LogP contribution >= 0.6 is 11.6 Å². The van der Waals surface area contributed by atoms with Gasteiger partial charge in [0.1, 0.15) is 0 Å². The number of nitrogens with zero attached hydrogens (tertiary/aromatic N) is 5. The fourth-order valence-electron chi connectivity index (χ4n) is 2.15. The van der Waals surface area contributed by atoms with E-state index in [1.165, 1.54) is 25.5 Å². The van der Waals surface area contributed by atoms with Gasteiger partial charge < -0.3 is 4.57 Å². The number of aryl methyl sites for hydroxylation is 2. The number of aromatic nitrogens is 5. The highest BCUT2D eigenvalue weighted by Gasteiger charge is 2.22. The molecule has 0 bridgehead atoms. The third-order valence-corrected chi connectivity index (χ3v) is 4.81. The molecule has 142 valence electrons. The summed E-state index contributed by atoms with van der Waals surface area (Å²) in [5.74, 6) is -2.04. The van der Waals surface area contributed by atoms with Crippen LogP contribution in [0.3, 0.4) is 0 Å². The SMILES string of the molecule is Cn1cnc(-c2cc(Cl)c(F)c(C(=O)NNS(=O)(=O)c3cnn(C)n3)c2)c1. The normalized spacial score (nSPS) is 11.6. The van der Waals surface area contributed by atoms with E-state index in [0.29, 0.717) is 11.3 Å². The molecule has 0 aliphatic rings. The van der Waals surface area contributed by atoms with Crippen molar-refractivity contribution in [3.63, 3.8) is 0 Å². The third-order valence-electron chi connectivity index (χ3n) is 3.43. The lowest BCUT2D eigenvalue weighted by Gasteiger charge is -2.09. The Morgan fingerprint density at radius 3 is 2.63 bits per heavy atom. The van der Waals surface area contributed by atoms with Gasteiger partial charge in [-0.1, -0.05) is 11.6 Å². The van der Waals surface area contributed by atoms with Crippen LogP contribution in [0.15, 0.2) is 35.9 Å². The number of benzene rings is 1. The molecule has 3 rings (SSSR count). The van der Waals surface area contributed by atoms with Gasteiger partial charge in [0.05, 0.1) is 28.8 Å². The van der Waals surface area contributed by atoms with Crippen LogP contribution in [0, 0.1) is 5.82 Å². The number of carbonyl (C=O) groups is 1. The Bertz CT molecular complexity index is 1130. The van der Waals surface area contributed by atoms with Crippen molar-refractivity contribution in [3.8, 4) is 11.3 Å². The summed E-state index contributed by atoms with van der Waals surface area (Å²) < 4.78 is 40.0. The second-order valence-corrected chi connectivity index (χ2v) is 7.51. The number of imidazole rings is 1. The van der Waals surface area contributed by atoms with E-state index in [1.807, 2.05) is 10.3 Å². The van der Waals surface area contributed by atoms with Crippen LogP contribution in [0.1, 0.15) is 10.4 Å². The minimum atomic E-state index is -4.17. The van der Waals surface area contributed by atoms with E-state index in [2.05, 4.69) is 15.2 Å². The molecule has 2 N–H and O–H groups in total. The van der Waals surface area contributed by atoms with Gasteiger partial charge in [-0.25, -0.2) is 17.8 Å². The molecule has 0 saturated carbocycles. The van der Waals surface area contributed by atoms with Gasteiger partial charge in [0.15, 0.2) is 5.82 Å². The number of carbonyl (C=O) groups excluding carboxylic acids is 1. The molecule has 0 atom stereocenters. The lowest BCUT2D eigenvalue weighted by Crippen LogP contribution is -2.42. The molecular weight excluding hydrogens is 401 g/mol. The van der Waals surface area contributed by atoms with Gasteiger partial charge >= 0.3 is 0 Å². The minimum Gasteiger partial charge on any atom is -0.340 e. The van der Waals surface area contributed by atoms with Crippen LogP contribution in [0.2, 0.25) is 5.02 Å². The van der Waals surface area contributed by atoms with E-state index >= 15 is 0 Å². The van der Waals surface area contributed by atoms with Crippen molar-refractivity contribution < 1.29 is 17.6 Å². The molecule has 0 unspecified atom stereocenters. The van der Waals surface area contributed by atoms with Crippen molar-refractivity contribution in [1.82, 2.24) is 34.8 Å². The zero-order chi connectivity index (χ0) is 19.8. The molecule has 0 saturated heterocycles. The summed E-state index contributed by atoms with van der Waals surface area (Å²) in [7, 11) is -0.997. The van der Waals surface area contributed by atoms with E-state index in [-0.39, 0.29) is 5.02 Å². The summed E-state index contributed by atoms with van der Waals surface area (Å²) >= 11 is 5.86. The quantitative estimate of drug-likeness (QED) is 0.591. The summed E-state index contributed by atoms with van der Waals surface area (Å²) in [6, 6.07) is 2.54. The fourth-order valence-corrected chi connectivity index (χ4v) is 3.11. The molecular formula is C14H13ClFN7O3S. The van der Waals surface area contributed by atoms with Gasteiger partial charge in [0, 0.05) is 25.9 Å². The van der Waals surface area contributed by atoms with Crippen molar-refractivity contribution in [2.24, 2.45) is 14.1 Å². The van der Waals surface area contributed by atoms with Gasteiger partial charge in [-0.15, -0.1) is 9.93 Å². The van der Waals surface area contributed by atoms with Crippen LogP contribution in [-0.2, 0) is 24.1 Å². The molecule has 0 fully saturated rings. The molecule has 3 aromatic rings. The second kappa shape index (κ2) is 7.06. The van der Waals surface area contributed by atoms with Crippen molar-refractivity contribution >= 4 is 27.5 Å². The predicted octanol–water partition coefficient (Wildman–Crippen LogP) is 0.631. The number of rotatable bonds is 5. The van der Waals surface area contributed by atoms with E-state index in [4.69, 9.17) is 11.6 Å². The highest BCUT2D eigenvalue weighted by Crippen LogP contribution is 2.27. The average Bonchev–Trinajstić information content (AvgIpc) is 3.24. The summed E-state index contributed by atoms with van der Waals surface area (Å²) in [6.45, 7) is 0. The minimum absolute atomic E-state index is 0.305. The molecule has 2 heterocycles. The topological polar surface area (TPSA) is 124 Å². The van der Waals surface area contributed by atoms with E-state index in [0.717, 1.165) is 11.0 Å². The van der Waals surface area contributed by atoms with Gasteiger partial charge in [0.2, 0.25) is 5.03 Å². The molecule has 10 nitrogen and oxygen atoms in total. The maximum Gasteiger partial charge on any atom is 0.278 e. The zero-order valence-electron chi connectivity index (χ0n) is 14.0. The zero-order valence-corrected chi connectivity index (χ0v) is 15.6. The first-order valence-electron chi connectivity index (χ1n) is 7.33. The fraction of sp³-hybridized carbons (Fsp3) is 0.143. The summed E-state index contributed by atoms with van der Waals surface area (Å²) in [5, 5.41) is 6.53. The van der Waals surface area contributed by atoms with Crippen LogP contribution in [0.25, 0.3) is 11.3 Å². The van der Waals surface area contributed by atoms with Crippen LogP contribution < -0.4 is 10.3 Å². The first-order valence-corrected chi connectivity index (χ1v) is 9.19. The van der Waals surface area contributed by atoms with E-state index < -0.39 is 32.3 Å². The highest BCUT2D eigenvalue weighted by molar-refractivity contribution is 7.89. The van der Waals surface area contributed by atoms with Crippen molar-refractivity contribution in [2.75, 3.05) is 0 Å². The Balaban J connectivity index is 1.85. The number of amides is 1. The molecule has 0 spiro atoms. The number of hydrogen-bond donors (Lipinski definition) is 2. The van der Waals surface area contributed by atoms with Crippen molar-refractivity contribution in [2.45, 2.75) is 5.03 Å². The maximum absolute atomic E-state index is 14.3. The Kier molecular flexibility index (Phi) is 4.95. The monoisotopic (exact) mass is 413 g/mol.